The Bertz CT molecular complexity index is 790. The molecule has 126 valence electrons. The number of rotatable bonds is 2. The van der Waals surface area contributed by atoms with Gasteiger partial charge in [-0.05, 0) is 29.5 Å². The Labute approximate surface area is 144 Å². The fourth-order valence-corrected chi connectivity index (χ4v) is 2.58. The number of aromatic hydroxyl groups is 1. The lowest BCUT2D eigenvalue weighted by Gasteiger charge is -2.12. The second-order valence-corrected chi connectivity index (χ2v) is 4.79. The van der Waals surface area contributed by atoms with Crippen molar-refractivity contribution in [3.63, 3.8) is 0 Å². The van der Waals surface area contributed by atoms with Gasteiger partial charge in [0.15, 0.2) is 5.78 Å². The molecule has 3 aromatic rings. The molecule has 0 heterocycles. The number of carbonyl (C=O) groups excluding carboxylic acids is 1. The summed E-state index contributed by atoms with van der Waals surface area (Å²) in [4.78, 5) is 12.1. The van der Waals surface area contributed by atoms with E-state index in [1.807, 2.05) is 82.3 Å². The van der Waals surface area contributed by atoms with Crippen molar-refractivity contribution >= 4 is 16.6 Å². The molecular formula is C22H26O2. The summed E-state index contributed by atoms with van der Waals surface area (Å²) in [6.07, 6.45) is 0. The molecule has 0 amide bonds. The smallest absolute Gasteiger partial charge is 0.161 e. The van der Waals surface area contributed by atoms with E-state index in [0.717, 1.165) is 16.5 Å². The van der Waals surface area contributed by atoms with Crippen molar-refractivity contribution in [3.05, 3.63) is 66.2 Å². The van der Waals surface area contributed by atoms with Crippen molar-refractivity contribution in [2.24, 2.45) is 0 Å². The second kappa shape index (κ2) is 9.51. The van der Waals surface area contributed by atoms with Crippen molar-refractivity contribution in [2.75, 3.05) is 0 Å². The molecule has 0 aliphatic heterocycles. The average Bonchev–Trinajstić information content (AvgIpc) is 2.65. The zero-order chi connectivity index (χ0) is 18.1. The van der Waals surface area contributed by atoms with Crippen molar-refractivity contribution in [3.8, 4) is 16.9 Å². The quantitative estimate of drug-likeness (QED) is 0.549. The summed E-state index contributed by atoms with van der Waals surface area (Å²) in [5.74, 6) is 0.199. The van der Waals surface area contributed by atoms with Gasteiger partial charge in [0, 0.05) is 10.9 Å². The predicted octanol–water partition coefficient (Wildman–Crippen LogP) is 6.47. The molecule has 0 bridgehead atoms. The Morgan fingerprint density at radius 1 is 0.792 bits per heavy atom. The third-order valence-electron chi connectivity index (χ3n) is 3.46. The monoisotopic (exact) mass is 322 g/mol. The topological polar surface area (TPSA) is 37.3 Å². The van der Waals surface area contributed by atoms with E-state index in [2.05, 4.69) is 0 Å². The molecule has 0 saturated heterocycles. The number of ketones is 1. The summed E-state index contributed by atoms with van der Waals surface area (Å²) >= 11 is 0. The van der Waals surface area contributed by atoms with Gasteiger partial charge in [0.1, 0.15) is 5.75 Å². The summed E-state index contributed by atoms with van der Waals surface area (Å²) in [5.41, 5.74) is 2.36. The molecule has 0 aromatic heterocycles. The molecule has 2 heteroatoms. The average molecular weight is 322 g/mol. The van der Waals surface area contributed by atoms with E-state index < -0.39 is 0 Å². The van der Waals surface area contributed by atoms with Gasteiger partial charge in [0.05, 0.1) is 0 Å². The van der Waals surface area contributed by atoms with E-state index in [0.29, 0.717) is 10.9 Å². The maximum Gasteiger partial charge on any atom is 0.161 e. The molecule has 2 nitrogen and oxygen atoms in total. The maximum absolute atomic E-state index is 12.1. The first-order valence-electron chi connectivity index (χ1n) is 8.49. The van der Waals surface area contributed by atoms with Gasteiger partial charge in [-0.15, -0.1) is 0 Å². The number of benzene rings is 3. The van der Waals surface area contributed by atoms with E-state index >= 15 is 0 Å². The molecule has 0 spiro atoms. The lowest BCUT2D eigenvalue weighted by atomic mass is 9.91. The Kier molecular flexibility index (Phi) is 7.70. The zero-order valence-electron chi connectivity index (χ0n) is 15.1. The van der Waals surface area contributed by atoms with E-state index in [-0.39, 0.29) is 11.5 Å². The SMILES string of the molecule is CC.CC.CC(=O)c1c(-c2ccccc2)cc(O)c2ccccc12. The van der Waals surface area contributed by atoms with Crippen LogP contribution in [0.1, 0.15) is 45.0 Å². The van der Waals surface area contributed by atoms with E-state index in [1.54, 1.807) is 13.0 Å². The number of phenolic OH excluding ortho intramolecular Hbond substituents is 1. The van der Waals surface area contributed by atoms with Crippen molar-refractivity contribution < 1.29 is 9.90 Å². The Balaban J connectivity index is 0.000000671. The van der Waals surface area contributed by atoms with Crippen LogP contribution in [-0.2, 0) is 0 Å². The van der Waals surface area contributed by atoms with E-state index in [1.165, 1.54) is 0 Å². The third kappa shape index (κ3) is 4.02. The van der Waals surface area contributed by atoms with Gasteiger partial charge in [0.25, 0.3) is 0 Å². The molecule has 0 fully saturated rings. The lowest BCUT2D eigenvalue weighted by molar-refractivity contribution is 0.102. The Hall–Kier alpha value is -2.61. The van der Waals surface area contributed by atoms with E-state index in [9.17, 15) is 9.90 Å². The molecule has 24 heavy (non-hydrogen) atoms. The number of fused-ring (bicyclic) bond motifs is 1. The number of carbonyl (C=O) groups is 1. The lowest BCUT2D eigenvalue weighted by Crippen LogP contribution is -1.98. The molecular weight excluding hydrogens is 296 g/mol. The van der Waals surface area contributed by atoms with Crippen LogP contribution in [0.5, 0.6) is 5.75 Å². The van der Waals surface area contributed by atoms with Crippen LogP contribution in [0.3, 0.4) is 0 Å². The molecule has 0 aliphatic rings. The third-order valence-corrected chi connectivity index (χ3v) is 3.46. The number of Topliss-reactive ketones (excluding diaryl/α,β-unsaturated/α-hetero) is 1. The molecule has 0 radical (unpaired) electrons. The Morgan fingerprint density at radius 2 is 1.29 bits per heavy atom. The van der Waals surface area contributed by atoms with Crippen LogP contribution in [0, 0.1) is 0 Å². The van der Waals surface area contributed by atoms with Crippen LogP contribution in [0.25, 0.3) is 21.9 Å². The van der Waals surface area contributed by atoms with Crippen LogP contribution in [0.4, 0.5) is 0 Å². The second-order valence-electron chi connectivity index (χ2n) is 4.79. The highest BCUT2D eigenvalue weighted by Gasteiger charge is 2.15. The summed E-state index contributed by atoms with van der Waals surface area (Å²) < 4.78 is 0. The van der Waals surface area contributed by atoms with Crippen LogP contribution in [-0.4, -0.2) is 10.9 Å². The molecule has 0 aliphatic carbocycles. The largest absolute Gasteiger partial charge is 0.507 e. The number of phenols is 1. The Morgan fingerprint density at radius 3 is 1.83 bits per heavy atom. The van der Waals surface area contributed by atoms with Crippen molar-refractivity contribution in [1.82, 2.24) is 0 Å². The molecule has 3 aromatic carbocycles. The summed E-state index contributed by atoms with van der Waals surface area (Å²) in [6, 6.07) is 18.8. The molecule has 0 saturated carbocycles. The van der Waals surface area contributed by atoms with Crippen molar-refractivity contribution in [2.45, 2.75) is 34.6 Å². The zero-order valence-corrected chi connectivity index (χ0v) is 15.1. The first kappa shape index (κ1) is 19.4. The van der Waals surface area contributed by atoms with Crippen LogP contribution < -0.4 is 0 Å². The highest BCUT2D eigenvalue weighted by Crippen LogP contribution is 2.36. The predicted molar refractivity (Wildman–Crippen MR) is 104 cm³/mol. The number of hydrogen-bond acceptors (Lipinski definition) is 2. The normalized spacial score (nSPS) is 9.38. The standard InChI is InChI=1S/C18H14O2.2C2H6/c1-12(19)18-15-10-6-5-9-14(15)17(20)11-16(18)13-7-3-2-4-8-13;2*1-2/h2-11,20H,1H3;2*1-2H3. The van der Waals surface area contributed by atoms with Crippen LogP contribution in [0.15, 0.2) is 60.7 Å². The van der Waals surface area contributed by atoms with Gasteiger partial charge in [-0.2, -0.15) is 0 Å². The molecule has 0 atom stereocenters. The summed E-state index contributed by atoms with van der Waals surface area (Å²) in [5, 5.41) is 11.7. The van der Waals surface area contributed by atoms with Crippen LogP contribution in [0.2, 0.25) is 0 Å². The highest BCUT2D eigenvalue weighted by molar-refractivity contribution is 6.13. The van der Waals surface area contributed by atoms with Gasteiger partial charge in [-0.25, -0.2) is 0 Å². The minimum Gasteiger partial charge on any atom is -0.507 e. The van der Waals surface area contributed by atoms with E-state index in [4.69, 9.17) is 0 Å². The fraction of sp³-hybridized carbons (Fsp3) is 0.227. The van der Waals surface area contributed by atoms with Crippen LogP contribution >= 0.6 is 0 Å². The van der Waals surface area contributed by atoms with Gasteiger partial charge >= 0.3 is 0 Å². The molecule has 3 rings (SSSR count). The fourth-order valence-electron chi connectivity index (χ4n) is 2.58. The molecule has 0 unspecified atom stereocenters. The molecule has 1 N–H and O–H groups in total. The minimum atomic E-state index is 0.0000491. The maximum atomic E-state index is 12.1. The first-order valence-corrected chi connectivity index (χ1v) is 8.49. The van der Waals surface area contributed by atoms with Crippen molar-refractivity contribution in [1.29, 1.82) is 0 Å². The highest BCUT2D eigenvalue weighted by atomic mass is 16.3. The van der Waals surface area contributed by atoms with Gasteiger partial charge in [0.2, 0.25) is 0 Å². The first-order chi connectivity index (χ1) is 11.7. The van der Waals surface area contributed by atoms with Gasteiger partial charge in [-0.3, -0.25) is 4.79 Å². The number of hydrogen-bond donors (Lipinski definition) is 1. The summed E-state index contributed by atoms with van der Waals surface area (Å²) in [6.45, 7) is 9.56. The van der Waals surface area contributed by atoms with Gasteiger partial charge < -0.3 is 5.11 Å². The minimum absolute atomic E-state index is 0.0000491. The van der Waals surface area contributed by atoms with Gasteiger partial charge in [-0.1, -0.05) is 82.3 Å². The summed E-state index contributed by atoms with van der Waals surface area (Å²) in [7, 11) is 0.